The average Bonchev–Trinajstić information content (AvgIpc) is 3.39. The van der Waals surface area contributed by atoms with Gasteiger partial charge < -0.3 is 30.2 Å². The summed E-state index contributed by atoms with van der Waals surface area (Å²) >= 11 is 0.637. The van der Waals surface area contributed by atoms with Gasteiger partial charge in [-0.3, -0.25) is 24.0 Å². The molecule has 4 rings (SSSR count). The standard InChI is InChI=1S/C35H39N5O11S2/c1-2-3-8-17-36-29(41)16-19-52-34(46)26(20-32(44)51-40-31(43)21-28(33(40)45)53(48,49)50)38-35(47)37-18-15-30(42)39-22-25-11-5-4-9-23(25)13-14-24-10-6-7-12-27(24)39/h4-7,9-12,26,28H,2-3,8,15-22H2,1H3,(H,36,41)(H2,37,38,47)(H,48,49,50)/p-1. The van der Waals surface area contributed by atoms with E-state index in [0.29, 0.717) is 29.6 Å². The quantitative estimate of drug-likeness (QED) is 0.0955. The van der Waals surface area contributed by atoms with Crippen LogP contribution in [0.25, 0.3) is 0 Å². The number of hydroxylamine groups is 2. The molecule has 3 N–H and O–H groups in total. The minimum absolute atomic E-state index is 0.0151. The van der Waals surface area contributed by atoms with Crippen molar-refractivity contribution in [2.75, 3.05) is 23.7 Å². The number of rotatable bonds is 16. The third-order valence-electron chi connectivity index (χ3n) is 8.04. The van der Waals surface area contributed by atoms with Crippen molar-refractivity contribution in [3.63, 3.8) is 0 Å². The SMILES string of the molecule is CCCCCNC(=O)CCSC(=O)C(CC(=O)ON1C(=O)CC(S(=O)(=O)[O-])C1=O)NC(=O)NCCC(=O)N1Cc2ccccc2C#Cc2ccccc21. The maximum Gasteiger partial charge on any atom is 0.335 e. The first kappa shape index (κ1) is 40.5. The summed E-state index contributed by atoms with van der Waals surface area (Å²) in [5.74, 6) is 1.38. The number of carbonyl (C=O) groups excluding carboxylic acids is 7. The Hall–Kier alpha value is -5.25. The first-order valence-electron chi connectivity index (χ1n) is 16.8. The van der Waals surface area contributed by atoms with Crippen LogP contribution < -0.4 is 20.9 Å². The van der Waals surface area contributed by atoms with Crippen molar-refractivity contribution in [2.24, 2.45) is 0 Å². The molecule has 1 saturated heterocycles. The van der Waals surface area contributed by atoms with Crippen LogP contribution in [0.4, 0.5) is 10.5 Å². The molecule has 0 saturated carbocycles. The zero-order chi connectivity index (χ0) is 38.5. The number of anilines is 1. The molecule has 2 aromatic rings. The predicted molar refractivity (Wildman–Crippen MR) is 190 cm³/mol. The Kier molecular flexibility index (Phi) is 14.5. The monoisotopic (exact) mass is 768 g/mol. The molecular formula is C35H38N5O11S2-. The maximum atomic E-state index is 13.5. The van der Waals surface area contributed by atoms with Gasteiger partial charge in [0, 0.05) is 42.8 Å². The number of hydrogen-bond acceptors (Lipinski definition) is 12. The van der Waals surface area contributed by atoms with Gasteiger partial charge in [0.05, 0.1) is 25.1 Å². The third kappa shape index (κ3) is 11.6. The molecule has 2 aliphatic rings. The van der Waals surface area contributed by atoms with Gasteiger partial charge in [0.15, 0.2) is 0 Å². The van der Waals surface area contributed by atoms with Crippen LogP contribution in [0.1, 0.15) is 68.6 Å². The van der Waals surface area contributed by atoms with Gasteiger partial charge in [0.25, 0.3) is 11.8 Å². The highest BCUT2D eigenvalue weighted by molar-refractivity contribution is 8.13. The Bertz CT molecular complexity index is 1930. The number of hydrogen-bond donors (Lipinski definition) is 3. The number of para-hydroxylation sites is 1. The number of thioether (sulfide) groups is 1. The smallest absolute Gasteiger partial charge is 0.335 e. The number of benzene rings is 2. The Morgan fingerprint density at radius 3 is 2.38 bits per heavy atom. The van der Waals surface area contributed by atoms with Crippen LogP contribution in [-0.2, 0) is 50.3 Å². The summed E-state index contributed by atoms with van der Waals surface area (Å²) in [5, 5.41) is 4.32. The number of carbonyl (C=O) groups is 7. The number of imide groups is 1. The van der Waals surface area contributed by atoms with Crippen molar-refractivity contribution in [3.05, 3.63) is 65.2 Å². The van der Waals surface area contributed by atoms with E-state index in [4.69, 9.17) is 4.84 Å². The van der Waals surface area contributed by atoms with Gasteiger partial charge in [-0.1, -0.05) is 73.7 Å². The number of fused-ring (bicyclic) bond motifs is 2. The molecule has 0 bridgehead atoms. The molecule has 2 unspecified atom stereocenters. The molecule has 2 heterocycles. The van der Waals surface area contributed by atoms with Gasteiger partial charge in [-0.25, -0.2) is 18.0 Å². The van der Waals surface area contributed by atoms with Crippen molar-refractivity contribution in [3.8, 4) is 11.8 Å². The van der Waals surface area contributed by atoms with E-state index >= 15 is 0 Å². The fourth-order valence-electron chi connectivity index (χ4n) is 5.27. The maximum absolute atomic E-state index is 13.5. The lowest BCUT2D eigenvalue weighted by atomic mass is 10.0. The lowest BCUT2D eigenvalue weighted by molar-refractivity contribution is -0.197. The topological polar surface area (TPSA) is 228 Å². The third-order valence-corrected chi connectivity index (χ3v) is 10.1. The summed E-state index contributed by atoms with van der Waals surface area (Å²) in [7, 11) is -5.23. The largest absolute Gasteiger partial charge is 0.747 e. The lowest BCUT2D eigenvalue weighted by Crippen LogP contribution is -2.48. The van der Waals surface area contributed by atoms with Gasteiger partial charge >= 0.3 is 12.0 Å². The molecular weight excluding hydrogens is 731 g/mol. The van der Waals surface area contributed by atoms with Crippen LogP contribution >= 0.6 is 11.8 Å². The van der Waals surface area contributed by atoms with E-state index in [9.17, 15) is 46.5 Å². The Labute approximate surface area is 310 Å². The molecule has 2 aliphatic heterocycles. The Morgan fingerprint density at radius 1 is 0.962 bits per heavy atom. The van der Waals surface area contributed by atoms with E-state index in [1.165, 1.54) is 0 Å². The van der Waals surface area contributed by atoms with E-state index in [0.717, 1.165) is 30.4 Å². The first-order valence-corrected chi connectivity index (χ1v) is 19.2. The van der Waals surface area contributed by atoms with E-state index < -0.39 is 63.2 Å². The van der Waals surface area contributed by atoms with E-state index in [2.05, 4.69) is 27.8 Å². The zero-order valence-corrected chi connectivity index (χ0v) is 30.4. The summed E-state index contributed by atoms with van der Waals surface area (Å²) < 4.78 is 34.0. The van der Waals surface area contributed by atoms with E-state index in [-0.39, 0.29) is 48.6 Å². The lowest BCUT2D eigenvalue weighted by Gasteiger charge is -2.26. The summed E-state index contributed by atoms with van der Waals surface area (Å²) in [6.45, 7) is 2.53. The molecule has 0 aromatic heterocycles. The Morgan fingerprint density at radius 2 is 1.66 bits per heavy atom. The zero-order valence-electron chi connectivity index (χ0n) is 28.8. The average molecular weight is 769 g/mol. The minimum Gasteiger partial charge on any atom is -0.747 e. The molecule has 0 radical (unpaired) electrons. The van der Waals surface area contributed by atoms with Gasteiger partial charge in [-0.2, -0.15) is 0 Å². The number of urea groups is 1. The summed E-state index contributed by atoms with van der Waals surface area (Å²) in [6.07, 6.45) is 0.536. The van der Waals surface area contributed by atoms with Crippen molar-refractivity contribution >= 4 is 68.3 Å². The second-order valence-corrected chi connectivity index (χ2v) is 14.6. The summed E-state index contributed by atoms with van der Waals surface area (Å²) in [4.78, 5) is 95.2. The number of nitrogens with zero attached hydrogens (tertiary/aromatic N) is 2. The number of unbranched alkanes of at least 4 members (excludes halogenated alkanes) is 2. The van der Waals surface area contributed by atoms with Crippen LogP contribution in [0.5, 0.6) is 0 Å². The summed E-state index contributed by atoms with van der Waals surface area (Å²) in [6, 6.07) is 12.0. The highest BCUT2D eigenvalue weighted by Gasteiger charge is 2.45. The number of amides is 6. The van der Waals surface area contributed by atoms with Crippen LogP contribution in [0.3, 0.4) is 0 Å². The molecule has 16 nitrogen and oxygen atoms in total. The number of nitrogens with one attached hydrogen (secondary N) is 3. The molecule has 18 heteroatoms. The van der Waals surface area contributed by atoms with Crippen molar-refractivity contribution in [1.82, 2.24) is 21.0 Å². The molecule has 0 spiro atoms. The van der Waals surface area contributed by atoms with Gasteiger partial charge in [0.2, 0.25) is 16.9 Å². The fourth-order valence-corrected chi connectivity index (χ4v) is 6.80. The van der Waals surface area contributed by atoms with E-state index in [1.54, 1.807) is 29.2 Å². The highest BCUT2D eigenvalue weighted by Crippen LogP contribution is 2.26. The molecule has 2 atom stereocenters. The molecule has 6 amide bonds. The second kappa shape index (κ2) is 19.0. The van der Waals surface area contributed by atoms with Gasteiger partial charge in [0.1, 0.15) is 21.4 Å². The molecule has 0 aliphatic carbocycles. The predicted octanol–water partition coefficient (Wildman–Crippen LogP) is 1.47. The van der Waals surface area contributed by atoms with E-state index in [1.807, 2.05) is 31.2 Å². The normalized spacial score (nSPS) is 15.5. The first-order chi connectivity index (χ1) is 25.3. The molecule has 1 fully saturated rings. The van der Waals surface area contributed by atoms with Crippen LogP contribution in [0, 0.1) is 11.8 Å². The molecule has 53 heavy (non-hydrogen) atoms. The fraction of sp³-hybridized carbons (Fsp3) is 0.400. The second-order valence-electron chi connectivity index (χ2n) is 12.0. The van der Waals surface area contributed by atoms with Crippen molar-refractivity contribution in [1.29, 1.82) is 0 Å². The van der Waals surface area contributed by atoms with Crippen molar-refractivity contribution < 1.29 is 51.4 Å². The highest BCUT2D eigenvalue weighted by atomic mass is 32.2. The van der Waals surface area contributed by atoms with Gasteiger partial charge in [-0.05, 0) is 30.2 Å². The molecule has 282 valence electrons. The Balaban J connectivity index is 1.38. The summed E-state index contributed by atoms with van der Waals surface area (Å²) in [5.41, 5.74) is 2.83. The van der Waals surface area contributed by atoms with Crippen LogP contribution in [0.15, 0.2) is 48.5 Å². The van der Waals surface area contributed by atoms with Crippen LogP contribution in [-0.4, -0.2) is 88.9 Å². The minimum atomic E-state index is -5.23. The van der Waals surface area contributed by atoms with Crippen molar-refractivity contribution in [2.45, 2.75) is 69.7 Å². The molecule has 2 aromatic carbocycles. The van der Waals surface area contributed by atoms with Crippen LogP contribution in [0.2, 0.25) is 0 Å². The van der Waals surface area contributed by atoms with Gasteiger partial charge in [-0.15, -0.1) is 5.06 Å².